The molecule has 0 bridgehead atoms. The number of hydrogen-bond donors (Lipinski definition) is 2. The molecule has 2 atom stereocenters. The van der Waals surface area contributed by atoms with E-state index in [4.69, 9.17) is 0 Å². The van der Waals surface area contributed by atoms with E-state index in [1.807, 2.05) is 13.0 Å². The minimum Gasteiger partial charge on any atom is -0.367 e. The average Bonchev–Trinajstić information content (AvgIpc) is 2.67. The number of nitrogens with zero attached hydrogens (tertiary/aromatic N) is 2. The molecule has 1 aliphatic rings. The number of rotatable bonds is 5. The Morgan fingerprint density at radius 3 is 2.70 bits per heavy atom. The fourth-order valence-electron chi connectivity index (χ4n) is 2.19. The highest BCUT2D eigenvalue weighted by molar-refractivity contribution is 7.91. The Hall–Kier alpha value is -1.37. The van der Waals surface area contributed by atoms with Gasteiger partial charge in [0.2, 0.25) is 0 Å². The number of sulfone groups is 1. The van der Waals surface area contributed by atoms with Gasteiger partial charge in [0.15, 0.2) is 9.84 Å². The van der Waals surface area contributed by atoms with Gasteiger partial charge in [-0.25, -0.2) is 18.4 Å². The van der Waals surface area contributed by atoms with Crippen molar-refractivity contribution in [3.63, 3.8) is 0 Å². The molecule has 0 radical (unpaired) electrons. The van der Waals surface area contributed by atoms with E-state index in [0.717, 1.165) is 12.2 Å². The van der Waals surface area contributed by atoms with Gasteiger partial charge in [-0.05, 0) is 26.7 Å². The maximum Gasteiger partial charge on any atom is 0.152 e. The predicted molar refractivity (Wildman–Crippen MR) is 80.8 cm³/mol. The van der Waals surface area contributed by atoms with Crippen molar-refractivity contribution in [1.82, 2.24) is 9.97 Å². The Labute approximate surface area is 120 Å². The number of nitrogens with one attached hydrogen (secondary N) is 2. The molecule has 0 amide bonds. The van der Waals surface area contributed by atoms with Crippen LogP contribution in [-0.4, -0.2) is 42.0 Å². The summed E-state index contributed by atoms with van der Waals surface area (Å²) in [5.41, 5.74) is 0. The van der Waals surface area contributed by atoms with E-state index < -0.39 is 9.84 Å². The molecule has 0 saturated carbocycles. The van der Waals surface area contributed by atoms with Crippen LogP contribution in [0.3, 0.4) is 0 Å². The van der Waals surface area contributed by atoms with Crippen molar-refractivity contribution in [2.24, 2.45) is 0 Å². The van der Waals surface area contributed by atoms with Gasteiger partial charge in [0.05, 0.1) is 11.5 Å². The molecule has 1 aromatic rings. The third-order valence-electron chi connectivity index (χ3n) is 3.43. The number of aromatic nitrogens is 2. The van der Waals surface area contributed by atoms with E-state index in [1.54, 1.807) is 0 Å². The summed E-state index contributed by atoms with van der Waals surface area (Å²) in [4.78, 5) is 8.67. The van der Waals surface area contributed by atoms with Gasteiger partial charge in [-0.1, -0.05) is 6.92 Å². The van der Waals surface area contributed by atoms with Gasteiger partial charge in [-0.15, -0.1) is 0 Å². The largest absolute Gasteiger partial charge is 0.367 e. The second-order valence-corrected chi connectivity index (χ2v) is 7.61. The molecule has 1 aliphatic heterocycles. The Balaban J connectivity index is 2.08. The summed E-state index contributed by atoms with van der Waals surface area (Å²) in [5, 5.41) is 6.50. The first-order chi connectivity index (χ1) is 9.38. The molecule has 0 spiro atoms. The molecule has 2 N–H and O–H groups in total. The molecule has 20 heavy (non-hydrogen) atoms. The quantitative estimate of drug-likeness (QED) is 0.859. The Kier molecular flexibility index (Phi) is 4.47. The van der Waals surface area contributed by atoms with Gasteiger partial charge in [0.1, 0.15) is 17.5 Å². The van der Waals surface area contributed by atoms with Gasteiger partial charge < -0.3 is 10.6 Å². The van der Waals surface area contributed by atoms with Crippen LogP contribution in [-0.2, 0) is 9.84 Å². The van der Waals surface area contributed by atoms with Crippen LogP contribution in [0.15, 0.2) is 6.07 Å². The zero-order chi connectivity index (χ0) is 14.8. The lowest BCUT2D eigenvalue weighted by atomic mass is 10.2. The molecule has 1 saturated heterocycles. The van der Waals surface area contributed by atoms with E-state index in [9.17, 15) is 8.42 Å². The first kappa shape index (κ1) is 15.0. The molecule has 2 heterocycles. The molecular weight excluding hydrogens is 276 g/mol. The minimum absolute atomic E-state index is 0.0502. The maximum absolute atomic E-state index is 11.5. The molecule has 2 rings (SSSR count). The summed E-state index contributed by atoms with van der Waals surface area (Å²) in [6.07, 6.45) is 1.65. The second kappa shape index (κ2) is 5.95. The molecule has 0 aliphatic carbocycles. The lowest BCUT2D eigenvalue weighted by Gasteiger charge is -2.16. The fraction of sp³-hybridized carbons (Fsp3) is 0.692. The predicted octanol–water partition coefficient (Wildman–Crippen LogP) is 1.59. The van der Waals surface area contributed by atoms with Gasteiger partial charge in [-0.3, -0.25) is 0 Å². The molecule has 7 heteroatoms. The summed E-state index contributed by atoms with van der Waals surface area (Å²) in [7, 11) is -2.88. The second-order valence-electron chi connectivity index (χ2n) is 5.38. The topological polar surface area (TPSA) is 84.0 Å². The van der Waals surface area contributed by atoms with E-state index >= 15 is 0 Å². The van der Waals surface area contributed by atoms with Crippen molar-refractivity contribution < 1.29 is 8.42 Å². The van der Waals surface area contributed by atoms with E-state index in [2.05, 4.69) is 34.4 Å². The van der Waals surface area contributed by atoms with Gasteiger partial charge in [0, 0.05) is 18.2 Å². The van der Waals surface area contributed by atoms with Gasteiger partial charge >= 0.3 is 0 Å². The lowest BCUT2D eigenvalue weighted by Crippen LogP contribution is -2.22. The van der Waals surface area contributed by atoms with Crippen LogP contribution in [0, 0.1) is 6.92 Å². The molecule has 1 fully saturated rings. The standard InChI is InChI=1S/C13H22N4O2S/c1-4-9(2)14-12-7-13(16-10(3)15-12)17-11-5-6-20(18,19)8-11/h7,9,11H,4-6,8H2,1-3H3,(H2,14,15,16,17). The number of anilines is 2. The minimum atomic E-state index is -2.88. The van der Waals surface area contributed by atoms with Crippen LogP contribution in [0.4, 0.5) is 11.6 Å². The highest BCUT2D eigenvalue weighted by Crippen LogP contribution is 2.18. The highest BCUT2D eigenvalue weighted by atomic mass is 32.2. The van der Waals surface area contributed by atoms with Crippen molar-refractivity contribution in [3.05, 3.63) is 11.9 Å². The molecule has 6 nitrogen and oxygen atoms in total. The molecule has 1 aromatic heterocycles. The van der Waals surface area contributed by atoms with Crippen LogP contribution in [0.5, 0.6) is 0 Å². The Morgan fingerprint density at radius 2 is 2.10 bits per heavy atom. The lowest BCUT2D eigenvalue weighted by molar-refractivity contribution is 0.602. The van der Waals surface area contributed by atoms with Gasteiger partial charge in [0.25, 0.3) is 0 Å². The summed E-state index contributed by atoms with van der Waals surface area (Å²) in [5.74, 6) is 2.57. The van der Waals surface area contributed by atoms with Crippen molar-refractivity contribution >= 4 is 21.5 Å². The zero-order valence-corrected chi connectivity index (χ0v) is 13.0. The third-order valence-corrected chi connectivity index (χ3v) is 5.20. The monoisotopic (exact) mass is 298 g/mol. The first-order valence-corrected chi connectivity index (χ1v) is 8.79. The zero-order valence-electron chi connectivity index (χ0n) is 12.2. The van der Waals surface area contributed by atoms with Crippen LogP contribution < -0.4 is 10.6 Å². The highest BCUT2D eigenvalue weighted by Gasteiger charge is 2.28. The van der Waals surface area contributed by atoms with Crippen molar-refractivity contribution in [3.8, 4) is 0 Å². The SMILES string of the molecule is CCC(C)Nc1cc(NC2CCS(=O)(=O)C2)nc(C)n1. The summed E-state index contributed by atoms with van der Waals surface area (Å²) < 4.78 is 22.9. The number of aryl methyl sites for hydroxylation is 1. The normalized spacial score (nSPS) is 22.4. The van der Waals surface area contributed by atoms with E-state index in [-0.39, 0.29) is 17.5 Å². The molecule has 2 unspecified atom stereocenters. The fourth-order valence-corrected chi connectivity index (χ4v) is 3.86. The summed E-state index contributed by atoms with van der Waals surface area (Å²) in [6, 6.07) is 2.12. The van der Waals surface area contributed by atoms with E-state index in [0.29, 0.717) is 24.1 Å². The summed E-state index contributed by atoms with van der Waals surface area (Å²) >= 11 is 0. The molecule has 112 valence electrons. The summed E-state index contributed by atoms with van der Waals surface area (Å²) in [6.45, 7) is 6.03. The van der Waals surface area contributed by atoms with E-state index in [1.165, 1.54) is 0 Å². The van der Waals surface area contributed by atoms with Crippen LogP contribution >= 0.6 is 0 Å². The van der Waals surface area contributed by atoms with Crippen LogP contribution in [0.1, 0.15) is 32.5 Å². The maximum atomic E-state index is 11.5. The van der Waals surface area contributed by atoms with Crippen LogP contribution in [0.2, 0.25) is 0 Å². The molecule has 0 aromatic carbocycles. The van der Waals surface area contributed by atoms with Crippen LogP contribution in [0.25, 0.3) is 0 Å². The van der Waals surface area contributed by atoms with Crippen molar-refractivity contribution in [2.75, 3.05) is 22.1 Å². The Bertz CT molecular complexity index is 574. The Morgan fingerprint density at radius 1 is 1.40 bits per heavy atom. The third kappa shape index (κ3) is 4.06. The van der Waals surface area contributed by atoms with Gasteiger partial charge in [-0.2, -0.15) is 0 Å². The van der Waals surface area contributed by atoms with Crippen molar-refractivity contribution in [2.45, 2.75) is 45.7 Å². The molecular formula is C13H22N4O2S. The number of hydrogen-bond acceptors (Lipinski definition) is 6. The first-order valence-electron chi connectivity index (χ1n) is 6.97. The smallest absolute Gasteiger partial charge is 0.152 e. The van der Waals surface area contributed by atoms with Crippen molar-refractivity contribution in [1.29, 1.82) is 0 Å². The average molecular weight is 298 g/mol.